The number of nitrogens with zero attached hydrogens (tertiary/aromatic N) is 4. The van der Waals surface area contributed by atoms with Crippen molar-refractivity contribution < 1.29 is 4.79 Å². The van der Waals surface area contributed by atoms with E-state index in [1.807, 2.05) is 6.07 Å². The molecule has 0 aromatic carbocycles. The first-order valence-electron chi connectivity index (χ1n) is 6.45. The van der Waals surface area contributed by atoms with Crippen LogP contribution in [0.1, 0.15) is 37.9 Å². The van der Waals surface area contributed by atoms with E-state index in [4.69, 9.17) is 5.26 Å². The van der Waals surface area contributed by atoms with Crippen LogP contribution < -0.4 is 5.32 Å². The Morgan fingerprint density at radius 3 is 3.00 bits per heavy atom. The number of hydrogen-bond donors (Lipinski definition) is 1. The number of carbonyl (C=O) groups is 1. The topological polar surface area (TPSA) is 83.6 Å². The van der Waals surface area contributed by atoms with E-state index in [1.54, 1.807) is 0 Å². The molecule has 0 radical (unpaired) electrons. The van der Waals surface area contributed by atoms with Gasteiger partial charge in [0.25, 0.3) is 0 Å². The van der Waals surface area contributed by atoms with Crippen molar-refractivity contribution in [2.24, 2.45) is 0 Å². The number of carbonyl (C=O) groups excluding carboxylic acids is 1. The van der Waals surface area contributed by atoms with E-state index in [1.165, 1.54) is 24.6 Å². The lowest BCUT2D eigenvalue weighted by Gasteiger charge is -2.06. The van der Waals surface area contributed by atoms with E-state index in [9.17, 15) is 4.79 Å². The Labute approximate surface area is 116 Å². The minimum absolute atomic E-state index is 0.0705. The maximum absolute atomic E-state index is 11.5. The summed E-state index contributed by atoms with van der Waals surface area (Å²) >= 11 is 1.40. The van der Waals surface area contributed by atoms with Gasteiger partial charge in [0.05, 0.1) is 18.2 Å². The number of aromatic nitrogens is 3. The first kappa shape index (κ1) is 13.9. The van der Waals surface area contributed by atoms with Crippen molar-refractivity contribution in [1.82, 2.24) is 20.1 Å². The van der Waals surface area contributed by atoms with E-state index in [2.05, 4.69) is 27.0 Å². The average molecular weight is 279 g/mol. The molecule has 1 aliphatic carbocycles. The number of rotatable bonds is 7. The van der Waals surface area contributed by atoms with Crippen molar-refractivity contribution in [3.8, 4) is 6.07 Å². The van der Waals surface area contributed by atoms with Gasteiger partial charge in [-0.3, -0.25) is 4.79 Å². The van der Waals surface area contributed by atoms with Crippen molar-refractivity contribution in [2.45, 2.75) is 43.8 Å². The van der Waals surface area contributed by atoms with Crippen LogP contribution in [-0.2, 0) is 11.3 Å². The highest BCUT2D eigenvalue weighted by molar-refractivity contribution is 7.99. The largest absolute Gasteiger partial charge is 0.354 e. The monoisotopic (exact) mass is 279 g/mol. The molecule has 6 nitrogen and oxygen atoms in total. The molecule has 0 unspecified atom stereocenters. The summed E-state index contributed by atoms with van der Waals surface area (Å²) in [5.74, 6) is 1.86. The van der Waals surface area contributed by atoms with Crippen LogP contribution in [0, 0.1) is 11.3 Å². The third-order valence-electron chi connectivity index (χ3n) is 2.90. The van der Waals surface area contributed by atoms with Crippen LogP contribution in [0.2, 0.25) is 0 Å². The van der Waals surface area contributed by atoms with Gasteiger partial charge in [0.1, 0.15) is 5.82 Å². The molecule has 0 saturated heterocycles. The number of nitrogens with one attached hydrogen (secondary N) is 1. The average Bonchev–Trinajstić information content (AvgIpc) is 3.17. The zero-order chi connectivity index (χ0) is 13.7. The Kier molecular flexibility index (Phi) is 4.80. The third kappa shape index (κ3) is 3.70. The van der Waals surface area contributed by atoms with Crippen LogP contribution in [0.5, 0.6) is 0 Å². The van der Waals surface area contributed by atoms with Crippen LogP contribution in [0.3, 0.4) is 0 Å². The standard InChI is InChI=1S/C12H17N5OS/c1-2-17-11(9-4-5-9)15-16-12(17)19-8-10(18)14-7-3-6-13/h9H,2-5,7-8H2,1H3,(H,14,18). The Hall–Kier alpha value is -1.55. The highest BCUT2D eigenvalue weighted by atomic mass is 32.2. The van der Waals surface area contributed by atoms with Crippen LogP contribution in [0.25, 0.3) is 0 Å². The summed E-state index contributed by atoms with van der Waals surface area (Å²) in [6, 6.07) is 1.99. The molecule has 1 aliphatic rings. The number of amides is 1. The fraction of sp³-hybridized carbons (Fsp3) is 0.667. The SMILES string of the molecule is CCn1c(SCC(=O)NCCC#N)nnc1C1CC1. The van der Waals surface area contributed by atoms with Crippen LogP contribution >= 0.6 is 11.8 Å². The summed E-state index contributed by atoms with van der Waals surface area (Å²) in [7, 11) is 0. The molecule has 19 heavy (non-hydrogen) atoms. The summed E-state index contributed by atoms with van der Waals surface area (Å²) in [4.78, 5) is 11.5. The molecule has 1 saturated carbocycles. The zero-order valence-corrected chi connectivity index (χ0v) is 11.7. The van der Waals surface area contributed by atoms with Crippen molar-refractivity contribution in [2.75, 3.05) is 12.3 Å². The molecule has 1 aromatic rings. The molecule has 102 valence electrons. The molecule has 7 heteroatoms. The molecule has 1 N–H and O–H groups in total. The van der Waals surface area contributed by atoms with Crippen LogP contribution in [-0.4, -0.2) is 33.0 Å². The molecule has 0 aliphatic heterocycles. The molecule has 0 bridgehead atoms. The van der Waals surface area contributed by atoms with Gasteiger partial charge in [0.2, 0.25) is 5.91 Å². The quantitative estimate of drug-likeness (QED) is 0.600. The zero-order valence-electron chi connectivity index (χ0n) is 10.9. The van der Waals surface area contributed by atoms with E-state index < -0.39 is 0 Å². The summed E-state index contributed by atoms with van der Waals surface area (Å²) in [5.41, 5.74) is 0. The molecular formula is C12H17N5OS. The molecular weight excluding hydrogens is 262 g/mol. The summed E-state index contributed by atoms with van der Waals surface area (Å²) in [6.07, 6.45) is 2.72. The van der Waals surface area contributed by atoms with Gasteiger partial charge in [-0.1, -0.05) is 11.8 Å². The van der Waals surface area contributed by atoms with Gasteiger partial charge in [-0.05, 0) is 19.8 Å². The van der Waals surface area contributed by atoms with E-state index in [0.29, 0.717) is 24.6 Å². The Balaban J connectivity index is 1.85. The van der Waals surface area contributed by atoms with E-state index in [0.717, 1.165) is 17.5 Å². The number of thioether (sulfide) groups is 1. The minimum atomic E-state index is -0.0705. The normalized spacial score (nSPS) is 14.1. The number of nitriles is 1. The van der Waals surface area contributed by atoms with Crippen LogP contribution in [0.4, 0.5) is 0 Å². The molecule has 2 rings (SSSR count). The van der Waals surface area contributed by atoms with Crippen molar-refractivity contribution in [3.05, 3.63) is 5.82 Å². The highest BCUT2D eigenvalue weighted by Gasteiger charge is 2.29. The van der Waals surface area contributed by atoms with Crippen molar-refractivity contribution >= 4 is 17.7 Å². The predicted molar refractivity (Wildman–Crippen MR) is 71.6 cm³/mol. The first-order chi connectivity index (χ1) is 9.26. The fourth-order valence-electron chi connectivity index (χ4n) is 1.79. The molecule has 1 heterocycles. The second-order valence-electron chi connectivity index (χ2n) is 4.41. The first-order valence-corrected chi connectivity index (χ1v) is 7.44. The lowest BCUT2D eigenvalue weighted by atomic mass is 10.4. The lowest BCUT2D eigenvalue weighted by molar-refractivity contribution is -0.118. The van der Waals surface area contributed by atoms with Crippen molar-refractivity contribution in [1.29, 1.82) is 5.26 Å². The third-order valence-corrected chi connectivity index (χ3v) is 3.86. The van der Waals surface area contributed by atoms with Gasteiger partial charge in [-0.2, -0.15) is 5.26 Å². The van der Waals surface area contributed by atoms with Crippen LogP contribution in [0.15, 0.2) is 5.16 Å². The van der Waals surface area contributed by atoms with Gasteiger partial charge in [0, 0.05) is 19.0 Å². The highest BCUT2D eigenvalue weighted by Crippen LogP contribution is 2.39. The maximum atomic E-state index is 11.5. The summed E-state index contributed by atoms with van der Waals surface area (Å²) < 4.78 is 2.09. The summed E-state index contributed by atoms with van der Waals surface area (Å²) in [5, 5.41) is 20.3. The minimum Gasteiger partial charge on any atom is -0.354 e. The van der Waals surface area contributed by atoms with Gasteiger partial charge < -0.3 is 9.88 Å². The maximum Gasteiger partial charge on any atom is 0.230 e. The second-order valence-corrected chi connectivity index (χ2v) is 5.35. The lowest BCUT2D eigenvalue weighted by Crippen LogP contribution is -2.26. The molecule has 1 aromatic heterocycles. The Morgan fingerprint density at radius 1 is 1.58 bits per heavy atom. The molecule has 0 atom stereocenters. The molecule has 1 amide bonds. The van der Waals surface area contributed by atoms with E-state index >= 15 is 0 Å². The Morgan fingerprint density at radius 2 is 2.37 bits per heavy atom. The van der Waals surface area contributed by atoms with Crippen molar-refractivity contribution in [3.63, 3.8) is 0 Å². The van der Waals surface area contributed by atoms with Gasteiger partial charge in [-0.15, -0.1) is 10.2 Å². The number of hydrogen-bond acceptors (Lipinski definition) is 5. The molecule has 0 spiro atoms. The fourth-order valence-corrected chi connectivity index (χ4v) is 2.63. The second kappa shape index (κ2) is 6.57. The predicted octanol–water partition coefficient (Wildman–Crippen LogP) is 1.30. The van der Waals surface area contributed by atoms with Gasteiger partial charge >= 0.3 is 0 Å². The summed E-state index contributed by atoms with van der Waals surface area (Å²) in [6.45, 7) is 3.30. The van der Waals surface area contributed by atoms with Gasteiger partial charge in [-0.25, -0.2) is 0 Å². The Bertz CT molecular complexity index is 489. The van der Waals surface area contributed by atoms with Gasteiger partial charge in [0.15, 0.2) is 5.16 Å². The molecule has 1 fully saturated rings. The van der Waals surface area contributed by atoms with E-state index in [-0.39, 0.29) is 5.91 Å². The smallest absolute Gasteiger partial charge is 0.230 e.